The summed E-state index contributed by atoms with van der Waals surface area (Å²) in [5.41, 5.74) is 1.30. The number of halogens is 1. The highest BCUT2D eigenvalue weighted by Gasteiger charge is 2.20. The first-order valence-corrected chi connectivity index (χ1v) is 12.0. The summed E-state index contributed by atoms with van der Waals surface area (Å²) in [6.45, 7) is 5.25. The predicted octanol–water partition coefficient (Wildman–Crippen LogP) is 4.97. The molecule has 1 heterocycles. The summed E-state index contributed by atoms with van der Waals surface area (Å²) in [6.07, 6.45) is 6.14. The molecule has 3 rings (SSSR count). The lowest BCUT2D eigenvalue weighted by Gasteiger charge is -2.33. The number of unbranched alkanes of at least 4 members (excludes halogenated alkanes) is 1. The molecule has 2 aromatic rings. The van der Waals surface area contributed by atoms with Crippen LogP contribution >= 0.6 is 11.6 Å². The van der Waals surface area contributed by atoms with Gasteiger partial charge in [0, 0.05) is 12.6 Å². The lowest BCUT2D eigenvalue weighted by molar-refractivity contribution is -0.121. The second-order valence-electron chi connectivity index (χ2n) is 8.56. The summed E-state index contributed by atoms with van der Waals surface area (Å²) < 4.78 is 0. The van der Waals surface area contributed by atoms with E-state index in [-0.39, 0.29) is 18.2 Å². The number of piperidine rings is 1. The molecule has 1 aliphatic rings. The van der Waals surface area contributed by atoms with Crippen molar-refractivity contribution >= 4 is 23.4 Å². The van der Waals surface area contributed by atoms with Gasteiger partial charge in [0.2, 0.25) is 5.91 Å². The van der Waals surface area contributed by atoms with E-state index in [0.717, 1.165) is 24.9 Å². The Balaban J connectivity index is 1.49. The fourth-order valence-corrected chi connectivity index (χ4v) is 4.46. The van der Waals surface area contributed by atoms with Crippen molar-refractivity contribution in [1.82, 2.24) is 15.5 Å². The van der Waals surface area contributed by atoms with Crippen LogP contribution < -0.4 is 10.6 Å². The summed E-state index contributed by atoms with van der Waals surface area (Å²) in [7, 11) is 0. The molecule has 32 heavy (non-hydrogen) atoms. The van der Waals surface area contributed by atoms with Crippen molar-refractivity contribution in [2.24, 2.45) is 0 Å². The Bertz CT molecular complexity index is 874. The Kier molecular flexibility index (Phi) is 9.57. The van der Waals surface area contributed by atoms with Crippen LogP contribution in [-0.4, -0.2) is 42.4 Å². The number of rotatable bonds is 10. The molecule has 1 fully saturated rings. The van der Waals surface area contributed by atoms with Gasteiger partial charge in [-0.15, -0.1) is 0 Å². The predicted molar refractivity (Wildman–Crippen MR) is 130 cm³/mol. The maximum absolute atomic E-state index is 12.8. The number of hydrogen-bond donors (Lipinski definition) is 2. The van der Waals surface area contributed by atoms with Crippen LogP contribution in [0.15, 0.2) is 54.6 Å². The molecule has 0 aliphatic carbocycles. The second-order valence-corrected chi connectivity index (χ2v) is 8.97. The first-order valence-electron chi connectivity index (χ1n) is 11.7. The molecule has 0 radical (unpaired) electrons. The van der Waals surface area contributed by atoms with E-state index >= 15 is 0 Å². The third-order valence-corrected chi connectivity index (χ3v) is 6.48. The third-order valence-electron chi connectivity index (χ3n) is 6.15. The zero-order valence-corrected chi connectivity index (χ0v) is 19.6. The molecule has 0 saturated carbocycles. The van der Waals surface area contributed by atoms with E-state index in [4.69, 9.17) is 11.6 Å². The highest BCUT2D eigenvalue weighted by atomic mass is 35.5. The summed E-state index contributed by atoms with van der Waals surface area (Å²) in [5, 5.41) is 6.39. The van der Waals surface area contributed by atoms with Crippen LogP contribution in [0.5, 0.6) is 0 Å². The number of benzene rings is 2. The molecule has 1 aliphatic heterocycles. The maximum atomic E-state index is 12.8. The van der Waals surface area contributed by atoms with Gasteiger partial charge in [-0.2, -0.15) is 0 Å². The molecule has 2 amide bonds. The van der Waals surface area contributed by atoms with Crippen LogP contribution in [0.3, 0.4) is 0 Å². The molecule has 6 heteroatoms. The van der Waals surface area contributed by atoms with Crippen molar-refractivity contribution in [3.8, 4) is 0 Å². The van der Waals surface area contributed by atoms with E-state index in [1.807, 2.05) is 30.3 Å². The minimum absolute atomic E-state index is 0.0651. The summed E-state index contributed by atoms with van der Waals surface area (Å²) >= 11 is 6.17. The third kappa shape index (κ3) is 7.35. The van der Waals surface area contributed by atoms with Gasteiger partial charge in [-0.25, -0.2) is 0 Å². The Hall–Kier alpha value is -2.37. The molecule has 2 aromatic carbocycles. The number of hydrogen-bond acceptors (Lipinski definition) is 3. The normalized spacial score (nSPS) is 17.5. The zero-order chi connectivity index (χ0) is 22.8. The quantitative estimate of drug-likeness (QED) is 0.497. The van der Waals surface area contributed by atoms with Crippen LogP contribution in [0.2, 0.25) is 5.02 Å². The minimum Gasteiger partial charge on any atom is -0.356 e. The van der Waals surface area contributed by atoms with Crippen LogP contribution in [0.1, 0.15) is 67.4 Å². The number of nitrogens with one attached hydrogen (secondary N) is 2. The Labute approximate surface area is 196 Å². The lowest BCUT2D eigenvalue weighted by atomic mass is 10.0. The standard InChI is InChI=1S/C26H34ClN3O2/c1-20-11-7-9-17-30(20)18-10-8-16-28-25(31)19-24(21-12-3-2-4-13-21)29-26(32)22-14-5-6-15-23(22)27/h2-6,12-15,20,24H,7-11,16-19H2,1H3,(H,28,31)(H,29,32). The SMILES string of the molecule is CC1CCCCN1CCCCNC(=O)CC(NC(=O)c1ccccc1Cl)c1ccccc1. The van der Waals surface area contributed by atoms with Gasteiger partial charge in [-0.1, -0.05) is 60.5 Å². The molecule has 2 unspecified atom stereocenters. The van der Waals surface area contributed by atoms with Gasteiger partial charge in [-0.3, -0.25) is 9.59 Å². The van der Waals surface area contributed by atoms with Gasteiger partial charge in [0.1, 0.15) is 0 Å². The molecule has 172 valence electrons. The zero-order valence-electron chi connectivity index (χ0n) is 18.9. The number of likely N-dealkylation sites (tertiary alicyclic amines) is 1. The largest absolute Gasteiger partial charge is 0.356 e. The Morgan fingerprint density at radius 3 is 2.56 bits per heavy atom. The molecule has 2 N–H and O–H groups in total. The van der Waals surface area contributed by atoms with Gasteiger partial charge in [0.15, 0.2) is 0 Å². The molecular formula is C26H34ClN3O2. The smallest absolute Gasteiger partial charge is 0.253 e. The van der Waals surface area contributed by atoms with E-state index in [0.29, 0.717) is 23.2 Å². The first-order chi connectivity index (χ1) is 15.5. The van der Waals surface area contributed by atoms with Crippen LogP contribution in [0.4, 0.5) is 0 Å². The fraction of sp³-hybridized carbons (Fsp3) is 0.462. The number of nitrogens with zero attached hydrogens (tertiary/aromatic N) is 1. The van der Waals surface area contributed by atoms with Crippen molar-refractivity contribution in [2.75, 3.05) is 19.6 Å². The lowest BCUT2D eigenvalue weighted by Crippen LogP contribution is -2.38. The van der Waals surface area contributed by atoms with E-state index in [9.17, 15) is 9.59 Å². The second kappa shape index (κ2) is 12.6. The van der Waals surface area contributed by atoms with Crippen molar-refractivity contribution in [1.29, 1.82) is 0 Å². The highest BCUT2D eigenvalue weighted by Crippen LogP contribution is 2.20. The van der Waals surface area contributed by atoms with Gasteiger partial charge < -0.3 is 15.5 Å². The molecule has 0 spiro atoms. The molecule has 0 bridgehead atoms. The van der Waals surface area contributed by atoms with Crippen molar-refractivity contribution in [3.63, 3.8) is 0 Å². The van der Waals surface area contributed by atoms with Gasteiger partial charge in [0.05, 0.1) is 23.0 Å². The summed E-state index contributed by atoms with van der Waals surface area (Å²) in [6, 6.07) is 16.7. The molecule has 1 saturated heterocycles. The summed E-state index contributed by atoms with van der Waals surface area (Å²) in [5.74, 6) is -0.349. The van der Waals surface area contributed by atoms with Gasteiger partial charge in [-0.05, 0) is 63.4 Å². The number of carbonyl (C=O) groups excluding carboxylic acids is 2. The fourth-order valence-electron chi connectivity index (χ4n) is 4.23. The van der Waals surface area contributed by atoms with Gasteiger partial charge >= 0.3 is 0 Å². The average molecular weight is 456 g/mol. The molecule has 2 atom stereocenters. The number of amides is 2. The van der Waals surface area contributed by atoms with Gasteiger partial charge in [0.25, 0.3) is 5.91 Å². The minimum atomic E-state index is -0.422. The van der Waals surface area contributed by atoms with Crippen LogP contribution in [0.25, 0.3) is 0 Å². The van der Waals surface area contributed by atoms with E-state index in [2.05, 4.69) is 22.5 Å². The average Bonchev–Trinajstić information content (AvgIpc) is 2.80. The van der Waals surface area contributed by atoms with Crippen molar-refractivity contribution in [3.05, 3.63) is 70.7 Å². The van der Waals surface area contributed by atoms with Crippen molar-refractivity contribution < 1.29 is 9.59 Å². The van der Waals surface area contributed by atoms with Crippen LogP contribution in [0, 0.1) is 0 Å². The van der Waals surface area contributed by atoms with Crippen LogP contribution in [-0.2, 0) is 4.79 Å². The first kappa shape index (κ1) is 24.3. The summed E-state index contributed by atoms with van der Waals surface area (Å²) in [4.78, 5) is 28.0. The van der Waals surface area contributed by atoms with E-state index < -0.39 is 6.04 Å². The molecule has 0 aromatic heterocycles. The molecule has 5 nitrogen and oxygen atoms in total. The maximum Gasteiger partial charge on any atom is 0.253 e. The van der Waals surface area contributed by atoms with E-state index in [1.54, 1.807) is 24.3 Å². The highest BCUT2D eigenvalue weighted by molar-refractivity contribution is 6.33. The molecular weight excluding hydrogens is 422 g/mol. The monoisotopic (exact) mass is 455 g/mol. The van der Waals surface area contributed by atoms with E-state index in [1.165, 1.54) is 25.8 Å². The Morgan fingerprint density at radius 2 is 1.81 bits per heavy atom. The number of carbonyl (C=O) groups is 2. The topological polar surface area (TPSA) is 61.4 Å². The Morgan fingerprint density at radius 1 is 1.06 bits per heavy atom. The van der Waals surface area contributed by atoms with Crippen molar-refractivity contribution in [2.45, 2.75) is 57.5 Å².